The molecule has 0 saturated carbocycles. The molecule has 6 aromatic rings. The Morgan fingerprint density at radius 1 is 0.226 bits per heavy atom. The summed E-state index contributed by atoms with van der Waals surface area (Å²) in [7, 11) is 0. The van der Waals surface area contributed by atoms with Crippen LogP contribution in [0.3, 0.4) is 0 Å². The molecule has 0 fully saturated rings. The van der Waals surface area contributed by atoms with E-state index in [1.54, 1.807) is 0 Å². The number of phenolic OH excluding ortho intramolecular Hbond substituents is 3. The van der Waals surface area contributed by atoms with Gasteiger partial charge >= 0.3 is 0 Å². The highest BCUT2D eigenvalue weighted by atomic mass is 16.3. The molecule has 0 aliphatic rings. The molecular formula is C112H178O3. The van der Waals surface area contributed by atoms with Gasteiger partial charge in [0.05, 0.1) is 0 Å². The molecule has 0 radical (unpaired) electrons. The first-order chi connectivity index (χ1) is 52.9. The van der Waals surface area contributed by atoms with E-state index in [0.717, 1.165) is 110 Å². The normalized spacial score (nSPS) is 14.1. The third kappa shape index (κ3) is 22.7. The summed E-state index contributed by atoms with van der Waals surface area (Å²) in [5, 5.41) is 40.5. The Labute approximate surface area is 711 Å². The van der Waals surface area contributed by atoms with Crippen LogP contribution < -0.4 is 0 Å². The van der Waals surface area contributed by atoms with Crippen molar-refractivity contribution in [1.29, 1.82) is 0 Å². The minimum absolute atomic E-state index is 0.354. The fourth-order valence-electron chi connectivity index (χ4n) is 21.2. The number of aromatic hydroxyl groups is 3. The van der Waals surface area contributed by atoms with Gasteiger partial charge in [0.25, 0.3) is 0 Å². The summed E-state index contributed by atoms with van der Waals surface area (Å²) in [6, 6.07) is 30.8. The van der Waals surface area contributed by atoms with E-state index in [0.29, 0.717) is 17.2 Å². The van der Waals surface area contributed by atoms with Crippen LogP contribution in [0.25, 0.3) is 0 Å². The van der Waals surface area contributed by atoms with Crippen LogP contribution in [-0.2, 0) is 59.6 Å². The van der Waals surface area contributed by atoms with Gasteiger partial charge in [-0.2, -0.15) is 0 Å². The predicted octanol–water partition coefficient (Wildman–Crippen LogP) is 34.0. The smallest absolute Gasteiger partial charge is 0.119 e. The first-order valence-corrected chi connectivity index (χ1v) is 46.9. The van der Waals surface area contributed by atoms with Gasteiger partial charge in [-0.05, 0) is 233 Å². The van der Waals surface area contributed by atoms with Crippen LogP contribution in [0.5, 0.6) is 17.2 Å². The summed E-state index contributed by atoms with van der Waals surface area (Å²) in [5.74, 6) is 0.596. The maximum atomic E-state index is 13.7. The van der Waals surface area contributed by atoms with Crippen molar-refractivity contribution in [2.24, 2.45) is 5.41 Å². The molecule has 1 unspecified atom stereocenters. The fourth-order valence-corrected chi connectivity index (χ4v) is 21.2. The van der Waals surface area contributed by atoms with E-state index in [1.165, 1.54) is 180 Å². The van der Waals surface area contributed by atoms with E-state index in [4.69, 9.17) is 0 Å². The number of phenols is 3. The quantitative estimate of drug-likeness (QED) is 0.0344. The summed E-state index contributed by atoms with van der Waals surface area (Å²) < 4.78 is 0. The Bertz CT molecular complexity index is 3870. The molecule has 3 heteroatoms. The third-order valence-corrected chi connectivity index (χ3v) is 26.9. The van der Waals surface area contributed by atoms with E-state index in [2.05, 4.69) is 322 Å². The molecule has 6 aromatic carbocycles. The van der Waals surface area contributed by atoms with Crippen molar-refractivity contribution in [3.8, 4) is 17.2 Å². The fraction of sp³-hybridized carbons (Fsp3) is 0.679. The van der Waals surface area contributed by atoms with E-state index in [9.17, 15) is 15.3 Å². The molecule has 115 heavy (non-hydrogen) atoms. The summed E-state index contributed by atoms with van der Waals surface area (Å²) in [4.78, 5) is 0. The summed E-state index contributed by atoms with van der Waals surface area (Å²) in [5.41, 5.74) is 19.8. The zero-order valence-corrected chi connectivity index (χ0v) is 81.9. The molecule has 644 valence electrons. The number of aryl methyl sites for hydroxylation is 6. The van der Waals surface area contributed by atoms with Crippen LogP contribution in [-0.4, -0.2) is 15.3 Å². The average molecular weight is 1570 g/mol. The van der Waals surface area contributed by atoms with Gasteiger partial charge in [0, 0.05) is 16.7 Å². The molecule has 3 nitrogen and oxygen atoms in total. The number of unbranched alkanes of at least 4 members (excludes halogenated alkanes) is 21. The van der Waals surface area contributed by atoms with E-state index in [-0.39, 0.29) is 0 Å². The third-order valence-electron chi connectivity index (χ3n) is 26.9. The van der Waals surface area contributed by atoms with Crippen LogP contribution in [0.2, 0.25) is 0 Å². The van der Waals surface area contributed by atoms with E-state index in [1.807, 2.05) is 0 Å². The molecule has 0 aliphatic heterocycles. The molecule has 0 saturated heterocycles. The summed E-state index contributed by atoms with van der Waals surface area (Å²) in [6.45, 7) is 88.5. The summed E-state index contributed by atoms with van der Waals surface area (Å²) in [6.07, 6.45) is 30.7. The van der Waals surface area contributed by atoms with Crippen LogP contribution in [0.1, 0.15) is 504 Å². The lowest BCUT2D eigenvalue weighted by atomic mass is 9.34. The molecule has 0 aromatic heterocycles. The second-order valence-corrected chi connectivity index (χ2v) is 46.5. The molecule has 0 spiro atoms. The molecule has 3 N–H and O–H groups in total. The van der Waals surface area contributed by atoms with Crippen LogP contribution in [0.4, 0.5) is 0 Å². The van der Waals surface area contributed by atoms with Crippen LogP contribution >= 0.6 is 0 Å². The second-order valence-electron chi connectivity index (χ2n) is 46.5. The first-order valence-electron chi connectivity index (χ1n) is 46.9. The number of hydrogen-bond acceptors (Lipinski definition) is 3. The monoisotopic (exact) mass is 1570 g/mol. The average Bonchev–Trinajstić information content (AvgIpc) is 0.651. The van der Waals surface area contributed by atoms with Crippen molar-refractivity contribution in [2.75, 3.05) is 0 Å². The van der Waals surface area contributed by atoms with Crippen molar-refractivity contribution in [3.05, 3.63) is 190 Å². The molecule has 6 rings (SSSR count). The van der Waals surface area contributed by atoms with Crippen LogP contribution in [0.15, 0.2) is 72.8 Å². The molecular weight excluding hydrogens is 1390 g/mol. The van der Waals surface area contributed by atoms with Gasteiger partial charge in [-0.1, -0.05) is 433 Å². The lowest BCUT2D eigenvalue weighted by Crippen LogP contribution is -2.64. The van der Waals surface area contributed by atoms with Crippen molar-refractivity contribution in [2.45, 2.75) is 488 Å². The van der Waals surface area contributed by atoms with Gasteiger partial charge in [-0.15, -0.1) is 0 Å². The minimum Gasteiger partial charge on any atom is -0.508 e. The molecule has 0 aliphatic carbocycles. The SMILES string of the molecule is CCCCCCCCCCC(c1cc(C(C)(C)C)c(O)cc1C)(c1cc(C(C)(C)C)c(O)cc1C)C(CCCCCCCCCC)(CCCCCCCCCC)C(c1cc(C(C)(C)C)c(O)cc1C)(c1c(C(C)(C)C)cc(C)cc1C(C)(C)C)C(c1c(C(C)(C)C)cc(C)cc1C(C)(C)C)c1c(C(C)(C)C)cc(C)cc1C(C)(C)C. The van der Waals surface area contributed by atoms with Crippen molar-refractivity contribution >= 4 is 0 Å². The Kier molecular flexibility index (Phi) is 33.1. The molecule has 1 atom stereocenters. The minimum atomic E-state index is -1.17. The number of rotatable bonds is 36. The highest BCUT2D eigenvalue weighted by molar-refractivity contribution is 5.71. The highest BCUT2D eigenvalue weighted by Crippen LogP contribution is 2.76. The lowest BCUT2D eigenvalue weighted by Gasteiger charge is -2.68. The maximum Gasteiger partial charge on any atom is 0.119 e. The van der Waals surface area contributed by atoms with Crippen LogP contribution in [0, 0.1) is 47.0 Å². The first kappa shape index (κ1) is 98.5. The van der Waals surface area contributed by atoms with E-state index < -0.39 is 70.9 Å². The van der Waals surface area contributed by atoms with E-state index >= 15 is 0 Å². The topological polar surface area (TPSA) is 60.7 Å². The van der Waals surface area contributed by atoms with Crippen molar-refractivity contribution in [1.82, 2.24) is 0 Å². The predicted molar refractivity (Wildman–Crippen MR) is 508 cm³/mol. The Balaban J connectivity index is 2.54. The Morgan fingerprint density at radius 2 is 0.435 bits per heavy atom. The zero-order valence-electron chi connectivity index (χ0n) is 81.9. The van der Waals surface area contributed by atoms with Gasteiger partial charge in [0.1, 0.15) is 17.2 Å². The van der Waals surface area contributed by atoms with Gasteiger partial charge < -0.3 is 15.3 Å². The Morgan fingerprint density at radius 3 is 0.678 bits per heavy atom. The number of benzene rings is 6. The van der Waals surface area contributed by atoms with Gasteiger partial charge in [0.15, 0.2) is 0 Å². The van der Waals surface area contributed by atoms with Crippen molar-refractivity contribution < 1.29 is 15.3 Å². The largest absolute Gasteiger partial charge is 0.508 e. The van der Waals surface area contributed by atoms with Gasteiger partial charge in [-0.25, -0.2) is 0 Å². The lowest BCUT2D eigenvalue weighted by molar-refractivity contribution is 0.00573. The standard InChI is InChI=1S/C112H178O3/c1-37-40-43-46-49-52-55-58-61-110(62-59-56-53-50-47-44-41-38-2,111(63-60-57-54-51-48-45-42-39-3,82-73-85(101(10,11)12)94(113)70-79(82)7)83-74-86(102(13,14)15)95(114)71-80(83)8)112(84-75-87(103(16,17)18)96(115)72-81(84)9,99-92(108(31,32)33)68-78(6)69-93(99)109(34,35)36)100(97-88(104(19,20)21)64-76(4)65-89(97)105(22,23)24)98-90(106(25,26)27)66-77(5)67-91(98)107(28,29)30/h64-75,100,113-115H,37-63H2,1-36H3. The zero-order chi connectivity index (χ0) is 87.0. The molecule has 0 heterocycles. The van der Waals surface area contributed by atoms with Gasteiger partial charge in [0.2, 0.25) is 0 Å². The van der Waals surface area contributed by atoms with Gasteiger partial charge in [-0.3, -0.25) is 0 Å². The Hall–Kier alpha value is -5.28. The maximum absolute atomic E-state index is 13.7. The van der Waals surface area contributed by atoms with Crippen molar-refractivity contribution in [3.63, 3.8) is 0 Å². The summed E-state index contributed by atoms with van der Waals surface area (Å²) >= 11 is 0. The molecule has 0 amide bonds. The second kappa shape index (κ2) is 38.6. The molecule has 0 bridgehead atoms. The number of hydrogen-bond donors (Lipinski definition) is 3. The highest BCUT2D eigenvalue weighted by Gasteiger charge is 2.70.